The van der Waals surface area contributed by atoms with E-state index >= 15 is 0 Å². The van der Waals surface area contributed by atoms with Crippen LogP contribution in [0.2, 0.25) is 0 Å². The molecule has 1 heterocycles. The minimum absolute atomic E-state index is 0.00875. The number of esters is 1. The van der Waals surface area contributed by atoms with Crippen LogP contribution < -0.4 is 15.0 Å². The first kappa shape index (κ1) is 16.8. The number of hydrogen-bond acceptors (Lipinski definition) is 5. The van der Waals surface area contributed by atoms with Gasteiger partial charge in [0.15, 0.2) is 0 Å². The SMILES string of the molecule is CCOC(=O)C(=O)NCC1CC(=O)N(c2ccc(OC)cc2)C1. The third kappa shape index (κ3) is 4.21. The molecule has 0 aromatic heterocycles. The average Bonchev–Trinajstić information content (AvgIpc) is 2.93. The van der Waals surface area contributed by atoms with Gasteiger partial charge in [-0.2, -0.15) is 0 Å². The van der Waals surface area contributed by atoms with Gasteiger partial charge >= 0.3 is 11.9 Å². The summed E-state index contributed by atoms with van der Waals surface area (Å²) in [6.07, 6.45) is 0.329. The Labute approximate surface area is 134 Å². The molecule has 1 N–H and O–H groups in total. The quantitative estimate of drug-likeness (QED) is 0.638. The van der Waals surface area contributed by atoms with Gasteiger partial charge in [0.05, 0.1) is 13.7 Å². The summed E-state index contributed by atoms with van der Waals surface area (Å²) in [5.41, 5.74) is 0.787. The second kappa shape index (κ2) is 7.62. The predicted octanol–water partition coefficient (Wildman–Crippen LogP) is 0.727. The highest BCUT2D eigenvalue weighted by atomic mass is 16.5. The summed E-state index contributed by atoms with van der Waals surface area (Å²) in [7, 11) is 1.58. The lowest BCUT2D eigenvalue weighted by molar-refractivity contribution is -0.154. The topological polar surface area (TPSA) is 84.9 Å². The molecule has 23 heavy (non-hydrogen) atoms. The Morgan fingerprint density at radius 2 is 2.00 bits per heavy atom. The second-order valence-corrected chi connectivity index (χ2v) is 5.20. The molecular formula is C16H20N2O5. The molecule has 0 aliphatic carbocycles. The molecule has 1 aliphatic rings. The van der Waals surface area contributed by atoms with Gasteiger partial charge in [0.1, 0.15) is 5.75 Å². The van der Waals surface area contributed by atoms with E-state index < -0.39 is 11.9 Å². The third-order valence-corrected chi connectivity index (χ3v) is 3.60. The van der Waals surface area contributed by atoms with Gasteiger partial charge in [-0.05, 0) is 31.2 Å². The Morgan fingerprint density at radius 3 is 2.61 bits per heavy atom. The standard InChI is InChI=1S/C16H20N2O5/c1-3-23-16(21)15(20)17-9-11-8-14(19)18(10-11)12-4-6-13(22-2)7-5-12/h4-7,11H,3,8-10H2,1-2H3,(H,17,20). The average molecular weight is 320 g/mol. The number of hydrogen-bond donors (Lipinski definition) is 1. The van der Waals surface area contributed by atoms with E-state index in [1.807, 2.05) is 12.1 Å². The minimum atomic E-state index is -0.899. The van der Waals surface area contributed by atoms with Crippen molar-refractivity contribution in [3.8, 4) is 5.75 Å². The first-order valence-corrected chi connectivity index (χ1v) is 7.44. The molecule has 0 spiro atoms. The molecule has 0 radical (unpaired) electrons. The number of benzene rings is 1. The Kier molecular flexibility index (Phi) is 5.56. The highest BCUT2D eigenvalue weighted by Gasteiger charge is 2.31. The number of anilines is 1. The fourth-order valence-corrected chi connectivity index (χ4v) is 2.44. The first-order chi connectivity index (χ1) is 11.0. The van der Waals surface area contributed by atoms with E-state index in [1.165, 1.54) is 0 Å². The van der Waals surface area contributed by atoms with Crippen LogP contribution in [0.15, 0.2) is 24.3 Å². The number of ether oxygens (including phenoxy) is 2. The van der Waals surface area contributed by atoms with E-state index in [9.17, 15) is 14.4 Å². The van der Waals surface area contributed by atoms with Crippen molar-refractivity contribution < 1.29 is 23.9 Å². The molecule has 1 fully saturated rings. The molecule has 1 aromatic rings. The van der Waals surface area contributed by atoms with Gasteiger partial charge in [0, 0.05) is 31.1 Å². The highest BCUT2D eigenvalue weighted by molar-refractivity contribution is 6.32. The fraction of sp³-hybridized carbons (Fsp3) is 0.438. The number of carbonyl (C=O) groups is 3. The largest absolute Gasteiger partial charge is 0.497 e. The van der Waals surface area contributed by atoms with E-state index in [2.05, 4.69) is 10.1 Å². The monoisotopic (exact) mass is 320 g/mol. The van der Waals surface area contributed by atoms with Crippen LogP contribution in [0.4, 0.5) is 5.69 Å². The van der Waals surface area contributed by atoms with Crippen LogP contribution >= 0.6 is 0 Å². The zero-order chi connectivity index (χ0) is 16.8. The van der Waals surface area contributed by atoms with Crippen LogP contribution in [0.1, 0.15) is 13.3 Å². The van der Waals surface area contributed by atoms with Gasteiger partial charge in [-0.25, -0.2) is 4.79 Å². The summed E-state index contributed by atoms with van der Waals surface area (Å²) >= 11 is 0. The number of rotatable bonds is 5. The number of carbonyl (C=O) groups excluding carboxylic acids is 3. The molecule has 7 heteroatoms. The first-order valence-electron chi connectivity index (χ1n) is 7.44. The molecule has 0 saturated carbocycles. The van der Waals surface area contributed by atoms with Crippen molar-refractivity contribution in [2.75, 3.05) is 31.7 Å². The molecule has 0 bridgehead atoms. The van der Waals surface area contributed by atoms with E-state index in [0.717, 1.165) is 11.4 Å². The van der Waals surface area contributed by atoms with Gasteiger partial charge in [0.2, 0.25) is 5.91 Å². The van der Waals surface area contributed by atoms with Gasteiger partial charge in [0.25, 0.3) is 0 Å². The predicted molar refractivity (Wildman–Crippen MR) is 83.1 cm³/mol. The zero-order valence-corrected chi connectivity index (χ0v) is 13.2. The van der Waals surface area contributed by atoms with Crippen LogP contribution in [0.25, 0.3) is 0 Å². The highest BCUT2D eigenvalue weighted by Crippen LogP contribution is 2.26. The van der Waals surface area contributed by atoms with Crippen molar-refractivity contribution in [3.63, 3.8) is 0 Å². The van der Waals surface area contributed by atoms with Crippen molar-refractivity contribution >= 4 is 23.5 Å². The molecule has 1 unspecified atom stereocenters. The Balaban J connectivity index is 1.89. The van der Waals surface area contributed by atoms with E-state index in [0.29, 0.717) is 13.0 Å². The van der Waals surface area contributed by atoms with Crippen molar-refractivity contribution in [3.05, 3.63) is 24.3 Å². The van der Waals surface area contributed by atoms with Gasteiger partial charge in [-0.3, -0.25) is 9.59 Å². The van der Waals surface area contributed by atoms with Gasteiger partial charge in [-0.15, -0.1) is 0 Å². The number of amides is 2. The van der Waals surface area contributed by atoms with Crippen molar-refractivity contribution in [1.82, 2.24) is 5.32 Å². The van der Waals surface area contributed by atoms with Crippen LogP contribution in [0, 0.1) is 5.92 Å². The smallest absolute Gasteiger partial charge is 0.396 e. The maximum absolute atomic E-state index is 12.1. The number of methoxy groups -OCH3 is 1. The molecule has 1 saturated heterocycles. The van der Waals surface area contributed by atoms with Crippen molar-refractivity contribution in [1.29, 1.82) is 0 Å². The summed E-state index contributed by atoms with van der Waals surface area (Å²) in [6.45, 7) is 2.54. The fourth-order valence-electron chi connectivity index (χ4n) is 2.44. The van der Waals surface area contributed by atoms with Gasteiger partial charge in [-0.1, -0.05) is 0 Å². The van der Waals surface area contributed by atoms with Gasteiger partial charge < -0.3 is 19.7 Å². The Hall–Kier alpha value is -2.57. The normalized spacial score (nSPS) is 17.0. The summed E-state index contributed by atoms with van der Waals surface area (Å²) in [5, 5.41) is 2.51. The van der Waals surface area contributed by atoms with Crippen molar-refractivity contribution in [2.45, 2.75) is 13.3 Å². The Morgan fingerprint density at radius 1 is 1.30 bits per heavy atom. The molecular weight excluding hydrogens is 300 g/mol. The lowest BCUT2D eigenvalue weighted by Crippen LogP contribution is -2.36. The van der Waals surface area contributed by atoms with Crippen molar-refractivity contribution in [2.24, 2.45) is 5.92 Å². The number of nitrogens with one attached hydrogen (secondary N) is 1. The van der Waals surface area contributed by atoms with E-state index in [-0.39, 0.29) is 25.0 Å². The summed E-state index contributed by atoms with van der Waals surface area (Å²) in [6, 6.07) is 7.21. The number of nitrogens with zero attached hydrogens (tertiary/aromatic N) is 1. The molecule has 7 nitrogen and oxygen atoms in total. The summed E-state index contributed by atoms with van der Waals surface area (Å²) in [4.78, 5) is 36.5. The molecule has 1 atom stereocenters. The lowest BCUT2D eigenvalue weighted by atomic mass is 10.1. The van der Waals surface area contributed by atoms with E-state index in [4.69, 9.17) is 4.74 Å². The molecule has 124 valence electrons. The Bertz CT molecular complexity index is 585. The molecule has 2 rings (SSSR count). The summed E-state index contributed by atoms with van der Waals surface area (Å²) < 4.78 is 9.70. The second-order valence-electron chi connectivity index (χ2n) is 5.20. The maximum atomic E-state index is 12.1. The zero-order valence-electron chi connectivity index (χ0n) is 13.2. The van der Waals surface area contributed by atoms with Crippen LogP contribution in [0.5, 0.6) is 5.75 Å². The van der Waals surface area contributed by atoms with Crippen LogP contribution in [-0.2, 0) is 19.1 Å². The molecule has 1 aromatic carbocycles. The van der Waals surface area contributed by atoms with Crippen LogP contribution in [-0.4, -0.2) is 44.6 Å². The maximum Gasteiger partial charge on any atom is 0.396 e. The third-order valence-electron chi connectivity index (χ3n) is 3.60. The summed E-state index contributed by atoms with van der Waals surface area (Å²) in [5.74, 6) is -1.00. The molecule has 1 aliphatic heterocycles. The molecule has 2 amide bonds. The van der Waals surface area contributed by atoms with E-state index in [1.54, 1.807) is 31.1 Å². The minimum Gasteiger partial charge on any atom is -0.497 e. The lowest BCUT2D eigenvalue weighted by Gasteiger charge is -2.17. The van der Waals surface area contributed by atoms with Crippen LogP contribution in [0.3, 0.4) is 0 Å².